The number of nitrogens with zero attached hydrogens (tertiary/aromatic N) is 1. The molecule has 0 unspecified atom stereocenters. The van der Waals surface area contributed by atoms with E-state index >= 15 is 0 Å². The summed E-state index contributed by atoms with van der Waals surface area (Å²) in [5, 5.41) is 17.5. The Morgan fingerprint density at radius 2 is 1.24 bits per heavy atom. The molecule has 120 valence electrons. The van der Waals surface area contributed by atoms with Gasteiger partial charge in [0.05, 0.1) is 24.7 Å². The number of aliphatic hydroxyl groups is 2. The molecular weight excluding hydrogens is 318 g/mol. The van der Waals surface area contributed by atoms with Crippen LogP contribution in [0.25, 0.3) is 0 Å². The highest BCUT2D eigenvalue weighted by Crippen LogP contribution is 2.16. The maximum absolute atomic E-state index is 11.8. The summed E-state index contributed by atoms with van der Waals surface area (Å²) >= 11 is 0. The quantitative estimate of drug-likeness (QED) is 0.608. The number of benzene rings is 1. The first-order chi connectivity index (χ1) is 9.79. The Morgan fingerprint density at radius 3 is 1.62 bits per heavy atom. The average Bonchev–Trinajstić information content (AvgIpc) is 2.38. The molecule has 7 nitrogen and oxygen atoms in total. The van der Waals surface area contributed by atoms with Gasteiger partial charge in [0.15, 0.2) is 19.7 Å². The van der Waals surface area contributed by atoms with Gasteiger partial charge < -0.3 is 15.1 Å². The summed E-state index contributed by atoms with van der Waals surface area (Å²) in [6.45, 7) is -1.04. The van der Waals surface area contributed by atoms with Gasteiger partial charge in [-0.1, -0.05) is 18.2 Å². The lowest BCUT2D eigenvalue weighted by Gasteiger charge is -2.24. The normalized spacial score (nSPS) is 12.3. The standard InChI is InChI=1S/C12H19NO6S2/c14-6-8-20(16,17)10-13(11-21(18,19)9-7-15)12-4-2-1-3-5-12/h1-5,14-15H,6-11H2. The Balaban J connectivity index is 3.02. The second-order valence-corrected chi connectivity index (χ2v) is 8.78. The highest BCUT2D eigenvalue weighted by Gasteiger charge is 2.22. The van der Waals surface area contributed by atoms with Crippen LogP contribution in [0.5, 0.6) is 0 Å². The molecule has 0 aliphatic carbocycles. The Labute approximate surface area is 124 Å². The van der Waals surface area contributed by atoms with Crippen molar-refractivity contribution >= 4 is 25.4 Å². The highest BCUT2D eigenvalue weighted by molar-refractivity contribution is 7.92. The molecule has 21 heavy (non-hydrogen) atoms. The monoisotopic (exact) mass is 337 g/mol. The van der Waals surface area contributed by atoms with Gasteiger partial charge in [-0.25, -0.2) is 16.8 Å². The first-order valence-electron chi connectivity index (χ1n) is 6.22. The van der Waals surface area contributed by atoms with E-state index in [1.165, 1.54) is 4.90 Å². The zero-order chi connectivity index (χ0) is 15.9. The minimum atomic E-state index is -3.62. The number of sulfone groups is 2. The van der Waals surface area contributed by atoms with Crippen LogP contribution in [-0.2, 0) is 19.7 Å². The number of aliphatic hydroxyl groups excluding tert-OH is 2. The topological polar surface area (TPSA) is 112 Å². The summed E-state index contributed by atoms with van der Waals surface area (Å²) in [5.41, 5.74) is 0.445. The van der Waals surface area contributed by atoms with Crippen molar-refractivity contribution in [3.05, 3.63) is 30.3 Å². The van der Waals surface area contributed by atoms with Gasteiger partial charge in [-0.05, 0) is 12.1 Å². The van der Waals surface area contributed by atoms with Crippen molar-refractivity contribution in [2.24, 2.45) is 0 Å². The van der Waals surface area contributed by atoms with Gasteiger partial charge >= 0.3 is 0 Å². The van der Waals surface area contributed by atoms with Gasteiger partial charge in [-0.2, -0.15) is 0 Å². The summed E-state index contributed by atoms with van der Waals surface area (Å²) in [4.78, 5) is 1.20. The lowest BCUT2D eigenvalue weighted by molar-refractivity contribution is 0.319. The Kier molecular flexibility index (Phi) is 6.59. The molecule has 0 saturated carbocycles. The Bertz CT molecular complexity index is 589. The fourth-order valence-corrected chi connectivity index (χ4v) is 4.07. The molecule has 1 rings (SSSR count). The van der Waals surface area contributed by atoms with Crippen LogP contribution in [-0.4, -0.2) is 63.5 Å². The maximum atomic E-state index is 11.8. The fraction of sp³-hybridized carbons (Fsp3) is 0.500. The van der Waals surface area contributed by atoms with Crippen LogP contribution in [0.3, 0.4) is 0 Å². The van der Waals surface area contributed by atoms with E-state index in [2.05, 4.69) is 0 Å². The molecule has 0 saturated heterocycles. The zero-order valence-electron chi connectivity index (χ0n) is 11.4. The second-order valence-electron chi connectivity index (χ2n) is 4.48. The van der Waals surface area contributed by atoms with E-state index < -0.39 is 56.1 Å². The minimum Gasteiger partial charge on any atom is -0.395 e. The molecule has 0 aliphatic rings. The predicted molar refractivity (Wildman–Crippen MR) is 80.4 cm³/mol. The van der Waals surface area contributed by atoms with Gasteiger partial charge in [0.1, 0.15) is 11.8 Å². The molecule has 1 aromatic carbocycles. The van der Waals surface area contributed by atoms with E-state index in [0.717, 1.165) is 0 Å². The van der Waals surface area contributed by atoms with E-state index in [0.29, 0.717) is 5.69 Å². The molecule has 9 heteroatoms. The van der Waals surface area contributed by atoms with E-state index in [9.17, 15) is 16.8 Å². The highest BCUT2D eigenvalue weighted by atomic mass is 32.2. The van der Waals surface area contributed by atoms with Crippen molar-refractivity contribution in [1.82, 2.24) is 0 Å². The van der Waals surface area contributed by atoms with Crippen molar-refractivity contribution in [2.75, 3.05) is 41.4 Å². The van der Waals surface area contributed by atoms with E-state index in [1.807, 2.05) is 0 Å². The molecular formula is C12H19NO6S2. The lowest BCUT2D eigenvalue weighted by atomic mass is 10.3. The molecule has 0 fully saturated rings. The number of para-hydroxylation sites is 1. The summed E-state index contributed by atoms with van der Waals surface area (Å²) in [6, 6.07) is 8.26. The summed E-state index contributed by atoms with van der Waals surface area (Å²) < 4.78 is 47.2. The third kappa shape index (κ3) is 6.42. The zero-order valence-corrected chi connectivity index (χ0v) is 13.1. The molecule has 0 heterocycles. The van der Waals surface area contributed by atoms with Crippen LogP contribution in [0.1, 0.15) is 0 Å². The van der Waals surface area contributed by atoms with Crippen LogP contribution < -0.4 is 4.90 Å². The number of hydrogen-bond donors (Lipinski definition) is 2. The van der Waals surface area contributed by atoms with E-state index in [1.54, 1.807) is 30.3 Å². The maximum Gasteiger partial charge on any atom is 0.170 e. The fourth-order valence-electron chi connectivity index (χ4n) is 1.71. The smallest absolute Gasteiger partial charge is 0.170 e. The largest absolute Gasteiger partial charge is 0.395 e. The van der Waals surface area contributed by atoms with Crippen LogP contribution in [0.15, 0.2) is 30.3 Å². The van der Waals surface area contributed by atoms with Gasteiger partial charge in [0, 0.05) is 5.69 Å². The van der Waals surface area contributed by atoms with Crippen molar-refractivity contribution < 1.29 is 27.0 Å². The molecule has 2 N–H and O–H groups in total. The molecule has 0 spiro atoms. The molecule has 0 aromatic heterocycles. The van der Waals surface area contributed by atoms with Gasteiger partial charge in [-0.15, -0.1) is 0 Å². The third-order valence-electron chi connectivity index (χ3n) is 2.63. The van der Waals surface area contributed by atoms with Crippen LogP contribution >= 0.6 is 0 Å². The molecule has 0 radical (unpaired) electrons. The summed E-state index contributed by atoms with van der Waals surface area (Å²) in [5.74, 6) is -1.89. The molecule has 0 atom stereocenters. The van der Waals surface area contributed by atoms with Crippen LogP contribution in [0.2, 0.25) is 0 Å². The van der Waals surface area contributed by atoms with Crippen LogP contribution in [0.4, 0.5) is 5.69 Å². The Morgan fingerprint density at radius 1 is 0.810 bits per heavy atom. The van der Waals surface area contributed by atoms with Crippen molar-refractivity contribution in [2.45, 2.75) is 0 Å². The SMILES string of the molecule is O=S(=O)(CCO)CN(CS(=O)(=O)CCO)c1ccccc1. The van der Waals surface area contributed by atoms with Crippen molar-refractivity contribution in [1.29, 1.82) is 0 Å². The molecule has 0 amide bonds. The molecule has 0 aliphatic heterocycles. The first kappa shape index (κ1) is 17.9. The number of anilines is 1. The number of rotatable bonds is 9. The first-order valence-corrected chi connectivity index (χ1v) is 9.86. The molecule has 0 bridgehead atoms. The Hall–Kier alpha value is -1.16. The lowest BCUT2D eigenvalue weighted by Crippen LogP contribution is -2.37. The van der Waals surface area contributed by atoms with Crippen molar-refractivity contribution in [3.63, 3.8) is 0 Å². The van der Waals surface area contributed by atoms with Gasteiger partial charge in [0.25, 0.3) is 0 Å². The minimum absolute atomic E-state index is 0.434. The molecule has 1 aromatic rings. The van der Waals surface area contributed by atoms with Crippen molar-refractivity contribution in [3.8, 4) is 0 Å². The van der Waals surface area contributed by atoms with Gasteiger partial charge in [-0.3, -0.25) is 0 Å². The second kappa shape index (κ2) is 7.74. The van der Waals surface area contributed by atoms with E-state index in [4.69, 9.17) is 10.2 Å². The summed E-state index contributed by atoms with van der Waals surface area (Å²) in [6.07, 6.45) is 0. The van der Waals surface area contributed by atoms with Gasteiger partial charge in [0.2, 0.25) is 0 Å². The van der Waals surface area contributed by atoms with Crippen LogP contribution in [0, 0.1) is 0 Å². The average molecular weight is 337 g/mol. The van der Waals surface area contributed by atoms with E-state index in [-0.39, 0.29) is 0 Å². The number of hydrogen-bond acceptors (Lipinski definition) is 7. The summed E-state index contributed by atoms with van der Waals surface area (Å²) in [7, 11) is -7.23. The third-order valence-corrected chi connectivity index (χ3v) is 5.65. The predicted octanol–water partition coefficient (Wildman–Crippen LogP) is -0.778.